The zero-order valence-corrected chi connectivity index (χ0v) is 28.4. The predicted molar refractivity (Wildman–Crippen MR) is 176 cm³/mol. The van der Waals surface area contributed by atoms with E-state index in [2.05, 4.69) is 26.1 Å². The fourth-order valence-electron chi connectivity index (χ4n) is 4.44. The second-order valence-electron chi connectivity index (χ2n) is 12.7. The van der Waals surface area contributed by atoms with Crippen LogP contribution in [0.1, 0.15) is 77.6 Å². The van der Waals surface area contributed by atoms with Gasteiger partial charge in [0.15, 0.2) is 0 Å². The van der Waals surface area contributed by atoms with Crippen LogP contribution < -0.4 is 11.1 Å². The van der Waals surface area contributed by atoms with Gasteiger partial charge < -0.3 is 44.9 Å². The van der Waals surface area contributed by atoms with E-state index in [9.17, 15) is 10.2 Å². The SMILES string of the molecule is Cc1cc(C(C)(C)c2ccc(O)c(CNC(C)COC(C)COC(C)COC(C)COC(C)COC(C)CN)c2)ccc1O. The number of nitrogens with one attached hydrogen (secondary N) is 1. The summed E-state index contributed by atoms with van der Waals surface area (Å²) in [4.78, 5) is 0. The summed E-state index contributed by atoms with van der Waals surface area (Å²) >= 11 is 0. The second kappa shape index (κ2) is 18.7. The van der Waals surface area contributed by atoms with Crippen molar-refractivity contribution in [1.29, 1.82) is 0 Å². The molecular weight excluding hydrogens is 560 g/mol. The van der Waals surface area contributed by atoms with Gasteiger partial charge in [-0.15, -0.1) is 0 Å². The third-order valence-electron chi connectivity index (χ3n) is 7.79. The molecule has 0 aliphatic carbocycles. The minimum absolute atomic E-state index is 0.0252. The molecule has 0 aliphatic heterocycles. The van der Waals surface area contributed by atoms with Gasteiger partial charge in [0, 0.05) is 30.1 Å². The van der Waals surface area contributed by atoms with E-state index in [1.807, 2.05) is 65.8 Å². The van der Waals surface area contributed by atoms with Crippen molar-refractivity contribution >= 4 is 0 Å². The van der Waals surface area contributed by atoms with Crippen molar-refractivity contribution in [2.45, 2.75) is 111 Å². The van der Waals surface area contributed by atoms with Crippen molar-refractivity contribution in [3.63, 3.8) is 0 Å². The van der Waals surface area contributed by atoms with Crippen LogP contribution in [0, 0.1) is 6.92 Å². The Morgan fingerprint density at radius 3 is 1.57 bits per heavy atom. The summed E-state index contributed by atoms with van der Waals surface area (Å²) in [5, 5.41) is 23.9. The number of hydrogen-bond donors (Lipinski definition) is 4. The maximum atomic E-state index is 10.5. The average molecular weight is 619 g/mol. The van der Waals surface area contributed by atoms with Crippen molar-refractivity contribution < 1.29 is 33.9 Å². The zero-order valence-electron chi connectivity index (χ0n) is 28.4. The van der Waals surface area contributed by atoms with Crippen molar-refractivity contribution in [3.8, 4) is 11.5 Å². The molecule has 44 heavy (non-hydrogen) atoms. The molecule has 0 saturated carbocycles. The van der Waals surface area contributed by atoms with E-state index in [1.54, 1.807) is 12.1 Å². The van der Waals surface area contributed by atoms with Gasteiger partial charge in [0.1, 0.15) is 11.5 Å². The van der Waals surface area contributed by atoms with Crippen molar-refractivity contribution in [2.24, 2.45) is 5.73 Å². The third-order valence-corrected chi connectivity index (χ3v) is 7.79. The predicted octanol–water partition coefficient (Wildman–Crippen LogP) is 5.19. The number of benzene rings is 2. The first kappa shape index (κ1) is 37.9. The first-order valence-electron chi connectivity index (χ1n) is 15.9. The Morgan fingerprint density at radius 2 is 1.09 bits per heavy atom. The zero-order chi connectivity index (χ0) is 32.9. The maximum absolute atomic E-state index is 10.5. The van der Waals surface area contributed by atoms with E-state index in [-0.39, 0.29) is 47.7 Å². The monoisotopic (exact) mass is 618 g/mol. The van der Waals surface area contributed by atoms with Gasteiger partial charge in [-0.2, -0.15) is 0 Å². The highest BCUT2D eigenvalue weighted by molar-refractivity contribution is 5.46. The molecule has 6 atom stereocenters. The van der Waals surface area contributed by atoms with Gasteiger partial charge in [-0.05, 0) is 83.4 Å². The number of nitrogens with two attached hydrogens (primary N) is 1. The highest BCUT2D eigenvalue weighted by Crippen LogP contribution is 2.35. The Hall–Kier alpha value is -2.24. The molecule has 0 aliphatic rings. The molecular formula is C35H58N2O7. The van der Waals surface area contributed by atoms with Gasteiger partial charge in [-0.1, -0.05) is 32.0 Å². The summed E-state index contributed by atoms with van der Waals surface area (Å²) < 4.78 is 29.3. The third kappa shape index (κ3) is 13.0. The molecule has 2 aromatic rings. The molecule has 5 N–H and O–H groups in total. The molecule has 9 heteroatoms. The van der Waals surface area contributed by atoms with Crippen LogP contribution in [-0.4, -0.2) is 86.4 Å². The van der Waals surface area contributed by atoms with E-state index in [0.29, 0.717) is 51.9 Å². The Kier molecular flexibility index (Phi) is 16.1. The quantitative estimate of drug-likeness (QED) is 0.150. The summed E-state index contributed by atoms with van der Waals surface area (Å²) in [6, 6.07) is 11.5. The molecule has 6 unspecified atom stereocenters. The molecule has 0 spiro atoms. The summed E-state index contributed by atoms with van der Waals surface area (Å²) in [7, 11) is 0. The first-order valence-corrected chi connectivity index (χ1v) is 15.9. The van der Waals surface area contributed by atoms with Crippen LogP contribution in [0.3, 0.4) is 0 Å². The number of hydrogen-bond acceptors (Lipinski definition) is 9. The molecule has 0 amide bonds. The Labute approximate surface area is 265 Å². The number of phenols is 2. The van der Waals surface area contributed by atoms with E-state index in [4.69, 9.17) is 29.4 Å². The number of rotatable bonds is 21. The summed E-state index contributed by atoms with van der Waals surface area (Å²) in [6.45, 7) is 21.6. The van der Waals surface area contributed by atoms with E-state index in [0.717, 1.165) is 22.3 Å². The minimum atomic E-state index is -0.295. The van der Waals surface area contributed by atoms with E-state index < -0.39 is 0 Å². The molecule has 0 saturated heterocycles. The summed E-state index contributed by atoms with van der Waals surface area (Å²) in [5.41, 5.74) is 9.13. The van der Waals surface area contributed by atoms with Crippen LogP contribution in [0.2, 0.25) is 0 Å². The number of aryl methyl sites for hydroxylation is 1. The van der Waals surface area contributed by atoms with Crippen molar-refractivity contribution in [1.82, 2.24) is 5.32 Å². The van der Waals surface area contributed by atoms with Gasteiger partial charge in [0.2, 0.25) is 0 Å². The Morgan fingerprint density at radius 1 is 0.659 bits per heavy atom. The second-order valence-corrected chi connectivity index (χ2v) is 12.7. The molecule has 0 aromatic heterocycles. The fraction of sp³-hybridized carbons (Fsp3) is 0.657. The van der Waals surface area contributed by atoms with E-state index >= 15 is 0 Å². The lowest BCUT2D eigenvalue weighted by Gasteiger charge is -2.27. The van der Waals surface area contributed by atoms with Gasteiger partial charge in [-0.25, -0.2) is 0 Å². The fourth-order valence-corrected chi connectivity index (χ4v) is 4.44. The molecule has 0 radical (unpaired) electrons. The van der Waals surface area contributed by atoms with Crippen LogP contribution in [-0.2, 0) is 35.6 Å². The van der Waals surface area contributed by atoms with Gasteiger partial charge in [-0.3, -0.25) is 0 Å². The smallest absolute Gasteiger partial charge is 0.120 e. The highest BCUT2D eigenvalue weighted by Gasteiger charge is 2.25. The standard InChI is InChI=1S/C35H58N2O7/c1-23-14-31(10-12-33(23)38)35(8,9)32-11-13-34(39)30(15-32)17-37-24(2)18-40-26(4)20-42-28(6)22-44-29(7)21-43-27(5)19-41-25(3)16-36/h10-15,24-29,37-39H,16-22,36H2,1-9H3. The lowest BCUT2D eigenvalue weighted by Crippen LogP contribution is -2.33. The van der Waals surface area contributed by atoms with Gasteiger partial charge in [0.05, 0.1) is 63.6 Å². The summed E-state index contributed by atoms with van der Waals surface area (Å²) in [5.74, 6) is 0.546. The van der Waals surface area contributed by atoms with Crippen LogP contribution in [0.5, 0.6) is 11.5 Å². The van der Waals surface area contributed by atoms with Crippen LogP contribution >= 0.6 is 0 Å². The average Bonchev–Trinajstić information content (AvgIpc) is 3.00. The van der Waals surface area contributed by atoms with Crippen LogP contribution in [0.25, 0.3) is 0 Å². The highest BCUT2D eigenvalue weighted by atomic mass is 16.6. The molecule has 0 fully saturated rings. The molecule has 9 nitrogen and oxygen atoms in total. The van der Waals surface area contributed by atoms with E-state index in [1.165, 1.54) is 0 Å². The van der Waals surface area contributed by atoms with Gasteiger partial charge >= 0.3 is 0 Å². The number of aromatic hydroxyl groups is 2. The normalized spacial score (nSPS) is 16.3. The van der Waals surface area contributed by atoms with Crippen LogP contribution in [0.15, 0.2) is 36.4 Å². The molecule has 250 valence electrons. The largest absolute Gasteiger partial charge is 0.508 e. The van der Waals surface area contributed by atoms with Crippen molar-refractivity contribution in [2.75, 3.05) is 39.6 Å². The molecule has 0 heterocycles. The molecule has 2 aromatic carbocycles. The number of ether oxygens (including phenoxy) is 5. The Bertz CT molecular complexity index is 1110. The topological polar surface area (TPSA) is 125 Å². The Balaban J connectivity index is 1.70. The molecule has 2 rings (SSSR count). The van der Waals surface area contributed by atoms with Crippen LogP contribution in [0.4, 0.5) is 0 Å². The number of phenolic OH excluding ortho intramolecular Hbond substituents is 2. The summed E-state index contributed by atoms with van der Waals surface area (Å²) in [6.07, 6.45) is -0.209. The lowest BCUT2D eigenvalue weighted by atomic mass is 9.77. The molecule has 0 bridgehead atoms. The lowest BCUT2D eigenvalue weighted by molar-refractivity contribution is -0.0956. The van der Waals surface area contributed by atoms with Gasteiger partial charge in [0.25, 0.3) is 0 Å². The first-order chi connectivity index (χ1) is 20.7. The van der Waals surface area contributed by atoms with Crippen molar-refractivity contribution in [3.05, 3.63) is 58.7 Å². The minimum Gasteiger partial charge on any atom is -0.508 e. The maximum Gasteiger partial charge on any atom is 0.120 e.